The van der Waals surface area contributed by atoms with Gasteiger partial charge in [-0.15, -0.1) is 0 Å². The van der Waals surface area contributed by atoms with E-state index in [4.69, 9.17) is 4.74 Å². The van der Waals surface area contributed by atoms with E-state index >= 15 is 0 Å². The van der Waals surface area contributed by atoms with Crippen molar-refractivity contribution >= 4 is 11.9 Å². The van der Waals surface area contributed by atoms with Gasteiger partial charge in [-0.05, 0) is 38.0 Å². The first-order valence-electron chi connectivity index (χ1n) is 6.72. The summed E-state index contributed by atoms with van der Waals surface area (Å²) in [6.07, 6.45) is -7.03. The van der Waals surface area contributed by atoms with Crippen LogP contribution in [0.15, 0.2) is 24.3 Å². The zero-order chi connectivity index (χ0) is 16.8. The highest BCUT2D eigenvalue weighted by Crippen LogP contribution is 2.22. The normalized spacial score (nSPS) is 12.6. The summed E-state index contributed by atoms with van der Waals surface area (Å²) in [4.78, 5) is 22.7. The Kier molecular flexibility index (Phi) is 6.39. The number of rotatable bonds is 6. The van der Waals surface area contributed by atoms with Crippen LogP contribution in [0.5, 0.6) is 5.75 Å². The lowest BCUT2D eigenvalue weighted by Crippen LogP contribution is -2.30. The molecule has 0 N–H and O–H groups in total. The minimum absolute atomic E-state index is 0.0636. The Morgan fingerprint density at radius 3 is 2.41 bits per heavy atom. The fourth-order valence-corrected chi connectivity index (χ4v) is 1.56. The molecule has 0 aromatic heterocycles. The molecule has 1 aromatic carbocycles. The second kappa shape index (κ2) is 7.82. The molecule has 0 heterocycles. The van der Waals surface area contributed by atoms with E-state index in [0.717, 1.165) is 12.5 Å². The molecule has 0 aliphatic carbocycles. The van der Waals surface area contributed by atoms with Crippen molar-refractivity contribution in [2.24, 2.45) is 0 Å². The van der Waals surface area contributed by atoms with Crippen molar-refractivity contribution in [1.29, 1.82) is 0 Å². The number of ether oxygens (including phenoxy) is 2. The van der Waals surface area contributed by atoms with Crippen LogP contribution in [0.2, 0.25) is 0 Å². The fraction of sp³-hybridized carbons (Fsp3) is 0.467. The third-order valence-electron chi connectivity index (χ3n) is 2.75. The van der Waals surface area contributed by atoms with Crippen LogP contribution in [-0.4, -0.2) is 24.2 Å². The van der Waals surface area contributed by atoms with Crippen molar-refractivity contribution in [2.75, 3.05) is 0 Å². The van der Waals surface area contributed by atoms with Crippen molar-refractivity contribution in [3.63, 3.8) is 0 Å². The van der Waals surface area contributed by atoms with Crippen LogP contribution in [0.4, 0.5) is 13.2 Å². The van der Waals surface area contributed by atoms with E-state index in [1.165, 1.54) is 0 Å². The first-order valence-corrected chi connectivity index (χ1v) is 6.72. The topological polar surface area (TPSA) is 52.6 Å². The van der Waals surface area contributed by atoms with Crippen LogP contribution >= 0.6 is 0 Å². The van der Waals surface area contributed by atoms with Crippen molar-refractivity contribution < 1.29 is 32.2 Å². The number of hydrogen-bond donors (Lipinski definition) is 0. The maximum atomic E-state index is 12.2. The molecule has 0 radical (unpaired) electrons. The van der Waals surface area contributed by atoms with E-state index < -0.39 is 24.2 Å². The Labute approximate surface area is 126 Å². The molecule has 1 aromatic rings. The summed E-state index contributed by atoms with van der Waals surface area (Å²) in [5.74, 6) is -1.16. The second-order valence-corrected chi connectivity index (χ2v) is 4.82. The predicted molar refractivity (Wildman–Crippen MR) is 72.3 cm³/mol. The summed E-state index contributed by atoms with van der Waals surface area (Å²) in [5.41, 5.74) is 0.926. The lowest BCUT2D eigenvalue weighted by molar-refractivity contribution is -0.216. The molecular weight excluding hydrogens is 301 g/mol. The molecule has 7 heteroatoms. The Bertz CT molecular complexity index is 526. The average Bonchev–Trinajstić information content (AvgIpc) is 2.37. The molecule has 0 amide bonds. The molecule has 1 unspecified atom stereocenters. The minimum atomic E-state index is -4.58. The predicted octanol–water partition coefficient (Wildman–Crippen LogP) is 3.56. The van der Waals surface area contributed by atoms with Gasteiger partial charge < -0.3 is 9.47 Å². The van der Waals surface area contributed by atoms with E-state index in [1.54, 1.807) is 18.2 Å². The summed E-state index contributed by atoms with van der Waals surface area (Å²) in [7, 11) is 0. The second-order valence-electron chi connectivity index (χ2n) is 4.82. The fourth-order valence-electron chi connectivity index (χ4n) is 1.56. The first-order chi connectivity index (χ1) is 10.2. The van der Waals surface area contributed by atoms with Gasteiger partial charge in [0.25, 0.3) is 0 Å². The molecule has 1 rings (SSSR count). The largest absolute Gasteiger partial charge is 0.453 e. The molecular formula is C15H17F3O4. The molecule has 122 valence electrons. The number of aryl methyl sites for hydroxylation is 1. The lowest BCUT2D eigenvalue weighted by Gasteiger charge is -2.16. The van der Waals surface area contributed by atoms with Gasteiger partial charge in [-0.25, -0.2) is 0 Å². The molecule has 0 fully saturated rings. The third-order valence-corrected chi connectivity index (χ3v) is 2.75. The van der Waals surface area contributed by atoms with Crippen molar-refractivity contribution in [1.82, 2.24) is 0 Å². The highest BCUT2D eigenvalue weighted by atomic mass is 19.4. The van der Waals surface area contributed by atoms with E-state index in [2.05, 4.69) is 4.74 Å². The molecule has 0 bridgehead atoms. The summed E-state index contributed by atoms with van der Waals surface area (Å²) < 4.78 is 45.8. The lowest BCUT2D eigenvalue weighted by atomic mass is 10.2. The Balaban J connectivity index is 2.29. The Morgan fingerprint density at radius 1 is 1.18 bits per heavy atom. The van der Waals surface area contributed by atoms with Crippen LogP contribution < -0.4 is 4.74 Å². The molecule has 0 aliphatic rings. The van der Waals surface area contributed by atoms with Gasteiger partial charge in [0.2, 0.25) is 0 Å². The summed E-state index contributed by atoms with van der Waals surface area (Å²) in [5, 5.41) is 0. The summed E-state index contributed by atoms with van der Waals surface area (Å²) >= 11 is 0. The van der Waals surface area contributed by atoms with Crippen molar-refractivity contribution in [2.45, 2.75) is 45.4 Å². The van der Waals surface area contributed by atoms with Crippen LogP contribution in [0.25, 0.3) is 0 Å². The quantitative estimate of drug-likeness (QED) is 0.594. The Morgan fingerprint density at radius 2 is 1.82 bits per heavy atom. The summed E-state index contributed by atoms with van der Waals surface area (Å²) in [6.45, 7) is 2.60. The van der Waals surface area contributed by atoms with Crippen LogP contribution in [0.3, 0.4) is 0 Å². The van der Waals surface area contributed by atoms with Gasteiger partial charge in [0.1, 0.15) is 5.75 Å². The van der Waals surface area contributed by atoms with Crippen molar-refractivity contribution in [3.8, 4) is 5.75 Å². The number of halogens is 3. The van der Waals surface area contributed by atoms with E-state index in [0.29, 0.717) is 5.75 Å². The van der Waals surface area contributed by atoms with Crippen molar-refractivity contribution in [3.05, 3.63) is 29.8 Å². The van der Waals surface area contributed by atoms with Gasteiger partial charge in [0.15, 0.2) is 6.10 Å². The first kappa shape index (κ1) is 18.0. The van der Waals surface area contributed by atoms with Crippen LogP contribution in [0.1, 0.15) is 31.7 Å². The molecule has 0 aliphatic heterocycles. The van der Waals surface area contributed by atoms with Gasteiger partial charge in [-0.1, -0.05) is 12.1 Å². The molecule has 0 spiro atoms. The maximum Gasteiger partial charge on any atom is 0.425 e. The maximum absolute atomic E-state index is 12.2. The summed E-state index contributed by atoms with van der Waals surface area (Å²) in [6, 6.07) is 6.87. The van der Waals surface area contributed by atoms with E-state index in [9.17, 15) is 22.8 Å². The minimum Gasteiger partial charge on any atom is -0.453 e. The number of benzene rings is 1. The van der Waals surface area contributed by atoms with Crippen LogP contribution in [0, 0.1) is 6.92 Å². The Hall–Kier alpha value is -2.05. The highest BCUT2D eigenvalue weighted by molar-refractivity contribution is 5.74. The third kappa shape index (κ3) is 6.60. The van der Waals surface area contributed by atoms with Crippen LogP contribution in [-0.2, 0) is 14.3 Å². The average molecular weight is 318 g/mol. The molecule has 4 nitrogen and oxygen atoms in total. The number of carbonyl (C=O) groups is 2. The molecule has 22 heavy (non-hydrogen) atoms. The standard InChI is InChI=1S/C15H17F3O4/c1-10-5-3-6-12(9-10)22-14(20)8-4-7-13(19)21-11(2)15(16,17)18/h3,5-6,9,11H,4,7-8H2,1-2H3. The number of carbonyl (C=O) groups excluding carboxylic acids is 2. The number of esters is 2. The smallest absolute Gasteiger partial charge is 0.425 e. The monoisotopic (exact) mass is 318 g/mol. The van der Waals surface area contributed by atoms with Gasteiger partial charge in [-0.2, -0.15) is 13.2 Å². The van der Waals surface area contributed by atoms with Gasteiger partial charge in [-0.3, -0.25) is 9.59 Å². The molecule has 1 atom stereocenters. The number of alkyl halides is 3. The van der Waals surface area contributed by atoms with Gasteiger partial charge >= 0.3 is 18.1 Å². The van der Waals surface area contributed by atoms with E-state index in [1.807, 2.05) is 13.0 Å². The van der Waals surface area contributed by atoms with Gasteiger partial charge in [0, 0.05) is 12.8 Å². The number of hydrogen-bond acceptors (Lipinski definition) is 4. The molecule has 0 saturated carbocycles. The highest BCUT2D eigenvalue weighted by Gasteiger charge is 2.38. The SMILES string of the molecule is Cc1cccc(OC(=O)CCCC(=O)OC(C)C(F)(F)F)c1. The molecule has 0 saturated heterocycles. The van der Waals surface area contributed by atoms with E-state index in [-0.39, 0.29) is 19.3 Å². The zero-order valence-corrected chi connectivity index (χ0v) is 12.3. The van der Waals surface area contributed by atoms with Gasteiger partial charge in [0.05, 0.1) is 0 Å². The zero-order valence-electron chi connectivity index (χ0n) is 12.3.